The van der Waals surface area contributed by atoms with Crippen molar-refractivity contribution in [1.82, 2.24) is 14.8 Å². The van der Waals surface area contributed by atoms with Gasteiger partial charge < -0.3 is 19.4 Å². The number of methoxy groups -OCH3 is 1. The minimum absolute atomic E-state index is 0.281. The Balaban J connectivity index is 1.71. The van der Waals surface area contributed by atoms with E-state index in [1.54, 1.807) is 26.2 Å². The molecule has 2 aromatic carbocycles. The van der Waals surface area contributed by atoms with Gasteiger partial charge >= 0.3 is 6.18 Å². The molecule has 0 saturated heterocycles. The molecule has 36 heavy (non-hydrogen) atoms. The molecule has 3 rings (SSSR count). The molecule has 0 saturated carbocycles. The second-order valence-corrected chi connectivity index (χ2v) is 9.91. The Morgan fingerprint density at radius 3 is 2.17 bits per heavy atom. The molecule has 2 unspecified atom stereocenters. The van der Waals surface area contributed by atoms with Gasteiger partial charge in [0, 0.05) is 12.2 Å². The molecule has 1 heterocycles. The van der Waals surface area contributed by atoms with Gasteiger partial charge in [0.1, 0.15) is 11.5 Å². The Morgan fingerprint density at radius 2 is 1.61 bits per heavy atom. The molecule has 1 amide bonds. The lowest BCUT2D eigenvalue weighted by Crippen LogP contribution is -2.23. The van der Waals surface area contributed by atoms with Crippen LogP contribution in [0.1, 0.15) is 45.2 Å². The van der Waals surface area contributed by atoms with Crippen LogP contribution in [0.3, 0.4) is 0 Å². The SMILES string of the molecule is COc1ccc(OC(C)c2nnc(SC(C)C(=O)Nc3ccc(C(F)(F)F)cc3)n2CC(C)C)cc1. The molecule has 11 heteroatoms. The van der Waals surface area contributed by atoms with Gasteiger partial charge in [0.15, 0.2) is 17.1 Å². The maximum absolute atomic E-state index is 12.8. The predicted octanol–water partition coefficient (Wildman–Crippen LogP) is 6.22. The van der Waals surface area contributed by atoms with Gasteiger partial charge in [-0.05, 0) is 68.3 Å². The summed E-state index contributed by atoms with van der Waals surface area (Å²) in [5.41, 5.74) is -0.491. The number of rotatable bonds is 10. The van der Waals surface area contributed by atoms with E-state index in [2.05, 4.69) is 29.4 Å². The number of ether oxygens (including phenoxy) is 2. The summed E-state index contributed by atoms with van der Waals surface area (Å²) in [6, 6.07) is 11.6. The van der Waals surface area contributed by atoms with E-state index in [9.17, 15) is 18.0 Å². The molecule has 0 bridgehead atoms. The van der Waals surface area contributed by atoms with E-state index < -0.39 is 23.1 Å². The van der Waals surface area contributed by atoms with Crippen molar-refractivity contribution < 1.29 is 27.4 Å². The van der Waals surface area contributed by atoms with Gasteiger partial charge in [0.05, 0.1) is 17.9 Å². The van der Waals surface area contributed by atoms with Crippen molar-refractivity contribution >= 4 is 23.4 Å². The summed E-state index contributed by atoms with van der Waals surface area (Å²) >= 11 is 1.22. The summed E-state index contributed by atoms with van der Waals surface area (Å²) < 4.78 is 51.5. The van der Waals surface area contributed by atoms with E-state index in [0.29, 0.717) is 23.3 Å². The van der Waals surface area contributed by atoms with Crippen molar-refractivity contribution in [3.05, 3.63) is 59.9 Å². The Labute approximate surface area is 212 Å². The fourth-order valence-corrected chi connectivity index (χ4v) is 4.20. The van der Waals surface area contributed by atoms with Crippen LogP contribution < -0.4 is 14.8 Å². The fraction of sp³-hybridized carbons (Fsp3) is 0.400. The van der Waals surface area contributed by atoms with E-state index in [-0.39, 0.29) is 17.5 Å². The number of anilines is 1. The van der Waals surface area contributed by atoms with Gasteiger partial charge in [-0.3, -0.25) is 4.79 Å². The van der Waals surface area contributed by atoms with Crippen LogP contribution in [0.4, 0.5) is 18.9 Å². The van der Waals surface area contributed by atoms with Crippen molar-refractivity contribution in [1.29, 1.82) is 0 Å². The Hall–Kier alpha value is -3.21. The molecule has 0 aliphatic carbocycles. The zero-order valence-electron chi connectivity index (χ0n) is 20.7. The molecule has 0 fully saturated rings. The monoisotopic (exact) mass is 522 g/mol. The number of carbonyl (C=O) groups excluding carboxylic acids is 1. The number of amides is 1. The molecule has 0 spiro atoms. The molecule has 0 aliphatic heterocycles. The van der Waals surface area contributed by atoms with E-state index in [1.807, 2.05) is 23.6 Å². The smallest absolute Gasteiger partial charge is 0.416 e. The van der Waals surface area contributed by atoms with Crippen molar-refractivity contribution in [3.8, 4) is 11.5 Å². The third kappa shape index (κ3) is 7.16. The van der Waals surface area contributed by atoms with Crippen molar-refractivity contribution in [2.75, 3.05) is 12.4 Å². The molecule has 7 nitrogen and oxygen atoms in total. The highest BCUT2D eigenvalue weighted by molar-refractivity contribution is 8.00. The molecule has 1 N–H and O–H groups in total. The molecule has 2 atom stereocenters. The lowest BCUT2D eigenvalue weighted by molar-refractivity contribution is -0.137. The first-order valence-electron chi connectivity index (χ1n) is 11.4. The van der Waals surface area contributed by atoms with E-state index in [0.717, 1.165) is 17.9 Å². The van der Waals surface area contributed by atoms with Crippen LogP contribution in [0, 0.1) is 5.92 Å². The number of hydrogen-bond acceptors (Lipinski definition) is 6. The first-order chi connectivity index (χ1) is 17.0. The van der Waals surface area contributed by atoms with Crippen LogP contribution in [0.25, 0.3) is 0 Å². The molecule has 1 aromatic heterocycles. The minimum atomic E-state index is -4.43. The van der Waals surface area contributed by atoms with Crippen LogP contribution >= 0.6 is 11.8 Å². The maximum atomic E-state index is 12.8. The third-order valence-electron chi connectivity index (χ3n) is 5.16. The van der Waals surface area contributed by atoms with Crippen LogP contribution in [-0.2, 0) is 17.5 Å². The van der Waals surface area contributed by atoms with Gasteiger partial charge in [-0.15, -0.1) is 10.2 Å². The number of halogens is 3. The van der Waals surface area contributed by atoms with Crippen molar-refractivity contribution in [2.24, 2.45) is 5.92 Å². The largest absolute Gasteiger partial charge is 0.497 e. The van der Waals surface area contributed by atoms with Crippen LogP contribution in [0.2, 0.25) is 0 Å². The zero-order chi connectivity index (χ0) is 26.5. The van der Waals surface area contributed by atoms with Gasteiger partial charge in [-0.1, -0.05) is 25.6 Å². The highest BCUT2D eigenvalue weighted by Crippen LogP contribution is 2.31. The molecule has 3 aromatic rings. The number of hydrogen-bond donors (Lipinski definition) is 1. The summed E-state index contributed by atoms with van der Waals surface area (Å²) in [7, 11) is 1.59. The standard InChI is InChI=1S/C25H29F3N4O3S/c1-15(2)14-32-22(16(3)35-21-12-10-20(34-5)11-13-21)30-31-24(32)36-17(4)23(33)29-19-8-6-18(7-9-19)25(26,27)28/h6-13,15-17H,14H2,1-5H3,(H,29,33). The normalized spacial score (nSPS) is 13.4. The second-order valence-electron chi connectivity index (χ2n) is 8.61. The fourth-order valence-electron chi connectivity index (χ4n) is 3.33. The average Bonchev–Trinajstić information content (AvgIpc) is 3.20. The highest BCUT2D eigenvalue weighted by Gasteiger charge is 2.30. The third-order valence-corrected chi connectivity index (χ3v) is 6.24. The number of aromatic nitrogens is 3. The van der Waals surface area contributed by atoms with Gasteiger partial charge in [0.25, 0.3) is 0 Å². The molecular weight excluding hydrogens is 493 g/mol. The molecule has 194 valence electrons. The zero-order valence-corrected chi connectivity index (χ0v) is 21.5. The molecule has 0 radical (unpaired) electrons. The topological polar surface area (TPSA) is 78.3 Å². The van der Waals surface area contributed by atoms with Gasteiger partial charge in [0.2, 0.25) is 5.91 Å². The summed E-state index contributed by atoms with van der Waals surface area (Å²) in [5, 5.41) is 11.3. The van der Waals surface area contributed by atoms with E-state index in [4.69, 9.17) is 9.47 Å². The van der Waals surface area contributed by atoms with Crippen LogP contribution in [0.15, 0.2) is 53.7 Å². The second kappa shape index (κ2) is 11.7. The minimum Gasteiger partial charge on any atom is -0.497 e. The first kappa shape index (κ1) is 27.4. The van der Waals surface area contributed by atoms with Crippen molar-refractivity contribution in [3.63, 3.8) is 0 Å². The highest BCUT2D eigenvalue weighted by atomic mass is 32.2. The number of benzene rings is 2. The van der Waals surface area contributed by atoms with Crippen molar-refractivity contribution in [2.45, 2.75) is 56.9 Å². The lowest BCUT2D eigenvalue weighted by atomic mass is 10.2. The number of nitrogens with one attached hydrogen (secondary N) is 1. The van der Waals surface area contributed by atoms with Gasteiger partial charge in [-0.25, -0.2) is 0 Å². The number of nitrogens with zero attached hydrogens (tertiary/aromatic N) is 3. The number of carbonyl (C=O) groups is 1. The predicted molar refractivity (Wildman–Crippen MR) is 132 cm³/mol. The lowest BCUT2D eigenvalue weighted by Gasteiger charge is -2.19. The number of thioether (sulfide) groups is 1. The summed E-state index contributed by atoms with van der Waals surface area (Å²) in [6.07, 6.45) is -4.84. The Kier molecular flexibility index (Phi) is 8.89. The van der Waals surface area contributed by atoms with E-state index in [1.165, 1.54) is 23.9 Å². The Bertz CT molecular complexity index is 1150. The van der Waals surface area contributed by atoms with E-state index >= 15 is 0 Å². The summed E-state index contributed by atoms with van der Waals surface area (Å²) in [5.74, 6) is 1.92. The number of alkyl halides is 3. The Morgan fingerprint density at radius 1 is 1.00 bits per heavy atom. The van der Waals surface area contributed by atoms with Gasteiger partial charge in [-0.2, -0.15) is 13.2 Å². The maximum Gasteiger partial charge on any atom is 0.416 e. The van der Waals surface area contributed by atoms with Crippen LogP contribution in [-0.4, -0.2) is 33.0 Å². The summed E-state index contributed by atoms with van der Waals surface area (Å²) in [6.45, 7) is 8.33. The molecule has 0 aliphatic rings. The first-order valence-corrected chi connectivity index (χ1v) is 12.2. The average molecular weight is 523 g/mol. The molecular formula is C25H29F3N4O3S. The summed E-state index contributed by atoms with van der Waals surface area (Å²) in [4.78, 5) is 12.7. The quantitative estimate of drug-likeness (QED) is 0.319. The van der Waals surface area contributed by atoms with Crippen LogP contribution in [0.5, 0.6) is 11.5 Å².